The van der Waals surface area contributed by atoms with E-state index in [2.05, 4.69) is 134 Å². The Morgan fingerprint density at radius 2 is 1.10 bits per heavy atom. The van der Waals surface area contributed by atoms with Gasteiger partial charge in [0.25, 0.3) is 0 Å². The van der Waals surface area contributed by atoms with Gasteiger partial charge in [-0.25, -0.2) is 0 Å². The first-order chi connectivity index (χ1) is 41.8. The third-order valence-corrected chi connectivity index (χ3v) is 13.3. The van der Waals surface area contributed by atoms with Crippen LogP contribution in [-0.4, -0.2) is 19.1 Å². The van der Waals surface area contributed by atoms with Gasteiger partial charge in [-0.05, 0) is 81.1 Å². The molecule has 6 heteroatoms. The first kappa shape index (κ1) is 32.7. The summed E-state index contributed by atoms with van der Waals surface area (Å²) in [6, 6.07) is 58.7. The van der Waals surface area contributed by atoms with Crippen LogP contribution >= 0.6 is 0 Å². The number of rotatable bonds is 9. The van der Waals surface area contributed by atoms with E-state index in [0.29, 0.717) is 17.4 Å². The number of hydrogen-bond acceptors (Lipinski definition) is 3. The van der Waals surface area contributed by atoms with Crippen molar-refractivity contribution in [3.8, 4) is 45.3 Å². The minimum atomic E-state index is -3.61. The third kappa shape index (κ3) is 8.81. The van der Waals surface area contributed by atoms with Crippen molar-refractivity contribution in [3.63, 3.8) is 0 Å². The quantitative estimate of drug-likeness (QED) is 0.135. The topological polar surface area (TPSA) is 48.8 Å². The number of para-hydroxylation sites is 6. The Balaban J connectivity index is 0.000000203. The molecule has 0 fully saturated rings. The Bertz CT molecular complexity index is 4560. The molecule has 5 nitrogen and oxygen atoms in total. The fraction of sp³-hybridized carbons (Fsp3) is 0.194. The molecule has 1 radical (unpaired) electrons. The van der Waals surface area contributed by atoms with E-state index in [9.17, 15) is 2.74 Å². The van der Waals surface area contributed by atoms with Crippen LogP contribution in [-0.2, 0) is 20.1 Å². The first-order valence-electron chi connectivity index (χ1n) is 32.4. The molecule has 0 unspecified atom stereocenters. The SMILES string of the molecule is CC(C)c1cccc(C(C)C)c1-n1c(-c2[c-]ccc3c2oc2c4ccccc4ccc32)nc2ccccc21.[2H]C([2H])([2H])c1c[c-]c(-c2nc3ccccc3n2-c2c(C([2H])(C([2H])([2H])[2H])C([2H])([2H])[2H])cccc2C([2H])(C([2H])([2H])[2H])C([2H])([2H])[2H])cc1-c1ccccc1.[Ir]. The van der Waals surface area contributed by atoms with E-state index in [4.69, 9.17) is 30.0 Å². The molecule has 365 valence electrons. The molecule has 73 heavy (non-hydrogen) atoms. The molecule has 0 saturated carbocycles. The van der Waals surface area contributed by atoms with Crippen molar-refractivity contribution in [2.24, 2.45) is 0 Å². The van der Waals surface area contributed by atoms with Gasteiger partial charge in [0.05, 0.1) is 39.3 Å². The molecule has 12 aromatic rings. The van der Waals surface area contributed by atoms with Crippen molar-refractivity contribution >= 4 is 54.8 Å². The standard InChI is InChI=1S/C35H29N2O.C32H31N2.Ir/c1-21(2)24-13-9-14-25(22(3)4)32(24)37-31-18-8-7-17-30(31)36-35(37)29-16-10-15-27-28-20-19-23-11-5-6-12-26(23)33(28)38-34(27)29;1-21(2)26-14-11-15-27(22(3)4)31(26)34-30-17-10-9-16-29(30)33-32(34)25-19-18-23(5)28(20-25)24-12-7-6-8-13-24;/h5-15,17-22H,1-4H3;6-18,20-22H,1-5H3;/q2*-1;/i;1D3,2D3,3D3,4D3,5D3,21D,22D;. The molecule has 0 bridgehead atoms. The van der Waals surface area contributed by atoms with E-state index in [1.165, 1.54) is 46.5 Å². The number of hydrogen-bond donors (Lipinski definition) is 0. The summed E-state index contributed by atoms with van der Waals surface area (Å²) in [7, 11) is 0. The summed E-state index contributed by atoms with van der Waals surface area (Å²) >= 11 is 0. The van der Waals surface area contributed by atoms with Crippen LogP contribution in [0.5, 0.6) is 0 Å². The van der Waals surface area contributed by atoms with Crippen LogP contribution < -0.4 is 0 Å². The van der Waals surface area contributed by atoms with Crippen molar-refractivity contribution in [1.29, 1.82) is 0 Å². The van der Waals surface area contributed by atoms with Crippen LogP contribution in [0.3, 0.4) is 0 Å². The van der Waals surface area contributed by atoms with Gasteiger partial charge in [-0.3, -0.25) is 9.97 Å². The van der Waals surface area contributed by atoms with Crippen molar-refractivity contribution in [2.45, 2.75) is 85.6 Å². The number of furan rings is 1. The second-order valence-electron chi connectivity index (χ2n) is 18.5. The second-order valence-corrected chi connectivity index (χ2v) is 18.5. The van der Waals surface area contributed by atoms with Crippen LogP contribution in [0.1, 0.15) is 130 Å². The summed E-state index contributed by atoms with van der Waals surface area (Å²) in [6.45, 7) is -7.99. The van der Waals surface area contributed by atoms with Crippen LogP contribution in [0, 0.1) is 19.0 Å². The summed E-state index contributed by atoms with van der Waals surface area (Å²) in [5.41, 5.74) is 7.22. The minimum absolute atomic E-state index is 0. The molecule has 12 rings (SSSR count). The number of aromatic nitrogens is 4. The minimum Gasteiger partial charge on any atom is -0.500 e. The van der Waals surface area contributed by atoms with Crippen LogP contribution in [0.15, 0.2) is 180 Å². The summed E-state index contributed by atoms with van der Waals surface area (Å²) in [6.07, 6.45) is 0. The van der Waals surface area contributed by atoms with Crippen molar-refractivity contribution < 1.29 is 47.8 Å². The molecule has 0 aliphatic heterocycles. The van der Waals surface area contributed by atoms with Crippen LogP contribution in [0.4, 0.5) is 0 Å². The molecular formula is C67H60IrN4O-2. The Morgan fingerprint density at radius 3 is 1.74 bits per heavy atom. The smallest absolute Gasteiger partial charge is 0.128 e. The average Bonchev–Trinajstić information content (AvgIpc) is 1.04. The molecule has 0 amide bonds. The maximum absolute atomic E-state index is 9.18. The average molecular weight is 1150 g/mol. The van der Waals surface area contributed by atoms with Crippen LogP contribution in [0.2, 0.25) is 0 Å². The molecule has 3 aromatic heterocycles. The zero-order valence-electron chi connectivity index (χ0n) is 57.4. The monoisotopic (exact) mass is 1150 g/mol. The third-order valence-electron chi connectivity index (χ3n) is 13.3. The van der Waals surface area contributed by atoms with E-state index >= 15 is 0 Å². The van der Waals surface area contributed by atoms with E-state index in [1.54, 1.807) is 42.5 Å². The zero-order chi connectivity index (χ0) is 64.1. The predicted octanol–water partition coefficient (Wildman–Crippen LogP) is 18.5. The van der Waals surface area contributed by atoms with Gasteiger partial charge < -0.3 is 13.6 Å². The Kier molecular flexibility index (Phi) is 9.06. The summed E-state index contributed by atoms with van der Waals surface area (Å²) in [4.78, 5) is 9.90. The van der Waals surface area contributed by atoms with Crippen molar-refractivity contribution in [1.82, 2.24) is 19.1 Å². The molecule has 3 heterocycles. The molecule has 9 aromatic carbocycles. The maximum Gasteiger partial charge on any atom is 0.128 e. The molecule has 0 aliphatic carbocycles. The van der Waals surface area contributed by atoms with Gasteiger partial charge in [-0.2, -0.15) is 0 Å². The largest absolute Gasteiger partial charge is 0.500 e. The van der Waals surface area contributed by atoms with Gasteiger partial charge in [-0.1, -0.05) is 206 Å². The van der Waals surface area contributed by atoms with Gasteiger partial charge in [0.15, 0.2) is 0 Å². The number of nitrogens with zero attached hydrogens (tertiary/aromatic N) is 4. The van der Waals surface area contributed by atoms with E-state index < -0.39 is 62.9 Å². The number of aryl methyl sites for hydroxylation is 1. The second kappa shape index (κ2) is 20.3. The Morgan fingerprint density at radius 1 is 0.534 bits per heavy atom. The van der Waals surface area contributed by atoms with Gasteiger partial charge in [0, 0.05) is 65.6 Å². The Hall–Kier alpha value is -7.37. The van der Waals surface area contributed by atoms with Crippen molar-refractivity contribution in [2.75, 3.05) is 0 Å². The fourth-order valence-electron chi connectivity index (χ4n) is 9.92. The number of imidazole rings is 2. The summed E-state index contributed by atoms with van der Waals surface area (Å²) in [5.74, 6) is -5.58. The van der Waals surface area contributed by atoms with Crippen LogP contribution in [0.25, 0.3) is 100 Å². The van der Waals surface area contributed by atoms with Gasteiger partial charge in [0.1, 0.15) is 5.58 Å². The Labute approximate surface area is 466 Å². The number of benzene rings is 9. The fourth-order valence-corrected chi connectivity index (χ4v) is 9.92. The molecule has 0 saturated heterocycles. The van der Waals surface area contributed by atoms with Gasteiger partial charge in [0.2, 0.25) is 0 Å². The predicted molar refractivity (Wildman–Crippen MR) is 302 cm³/mol. The van der Waals surface area contributed by atoms with E-state index in [1.807, 2.05) is 6.07 Å². The molecule has 0 N–H and O–H groups in total. The van der Waals surface area contributed by atoms with Crippen molar-refractivity contribution in [3.05, 3.63) is 216 Å². The zero-order valence-corrected chi connectivity index (χ0v) is 42.8. The molecule has 0 spiro atoms. The normalized spacial score (nSPS) is 16.3. The maximum atomic E-state index is 9.18. The first-order valence-corrected chi connectivity index (χ1v) is 23.9. The van der Waals surface area contributed by atoms with Gasteiger partial charge >= 0.3 is 0 Å². The van der Waals surface area contributed by atoms with E-state index in [0.717, 1.165) is 72.5 Å². The molecule has 0 aliphatic rings. The van der Waals surface area contributed by atoms with E-state index in [-0.39, 0.29) is 53.7 Å². The molecule has 0 atom stereocenters. The van der Waals surface area contributed by atoms with Gasteiger partial charge in [-0.15, -0.1) is 47.5 Å². The summed E-state index contributed by atoms with van der Waals surface area (Å²) in [5, 5.41) is 4.48. The number of fused-ring (bicyclic) bond motifs is 7. The molecular weight excluding hydrogens is 1070 g/mol. The summed E-state index contributed by atoms with van der Waals surface area (Å²) < 4.78 is 153.